The molecule has 8 heteroatoms. The predicted molar refractivity (Wildman–Crippen MR) is 148 cm³/mol. The fraction of sp³-hybridized carbons (Fsp3) is 0.483. The Bertz CT molecular complexity index is 1200. The summed E-state index contributed by atoms with van der Waals surface area (Å²) in [7, 11) is 0. The minimum atomic E-state index is -0.0352. The number of halogens is 1. The summed E-state index contributed by atoms with van der Waals surface area (Å²) in [5.74, 6) is 2.27. The number of nitrogens with zero attached hydrogens (tertiary/aromatic N) is 4. The van der Waals surface area contributed by atoms with Crippen LogP contribution in [0, 0.1) is 0 Å². The average Bonchev–Trinajstić information content (AvgIpc) is 3.77. The summed E-state index contributed by atoms with van der Waals surface area (Å²) in [5, 5.41) is 4.81. The molecular formula is C29H36ClN5O2. The van der Waals surface area contributed by atoms with Crippen molar-refractivity contribution in [3.05, 3.63) is 64.9 Å². The molecule has 1 atom stereocenters. The van der Waals surface area contributed by atoms with Crippen molar-refractivity contribution < 1.29 is 9.53 Å². The number of hydrogen-bond donors (Lipinski definition) is 1. The Balaban J connectivity index is 1.33. The Morgan fingerprint density at radius 3 is 2.68 bits per heavy atom. The van der Waals surface area contributed by atoms with Crippen molar-refractivity contribution in [3.63, 3.8) is 0 Å². The molecule has 0 bridgehead atoms. The normalized spacial score (nSPS) is 17.0. The summed E-state index contributed by atoms with van der Waals surface area (Å²) in [6, 6.07) is 15.9. The Morgan fingerprint density at radius 2 is 1.92 bits per heavy atom. The van der Waals surface area contributed by atoms with Gasteiger partial charge in [0.15, 0.2) is 0 Å². The highest BCUT2D eigenvalue weighted by atomic mass is 35.5. The zero-order chi connectivity index (χ0) is 25.6. The maximum absolute atomic E-state index is 13.0. The first-order valence-corrected chi connectivity index (χ1v) is 13.8. The van der Waals surface area contributed by atoms with E-state index in [4.69, 9.17) is 26.3 Å². The number of hydrogen-bond acceptors (Lipinski definition) is 6. The molecule has 1 saturated carbocycles. The molecule has 1 N–H and O–H groups in total. The van der Waals surface area contributed by atoms with Crippen molar-refractivity contribution >= 4 is 34.2 Å². The largest absolute Gasteiger partial charge is 0.379 e. The van der Waals surface area contributed by atoms with E-state index in [2.05, 4.69) is 15.1 Å². The topological polar surface area (TPSA) is 70.6 Å². The molecule has 2 aliphatic rings. The van der Waals surface area contributed by atoms with Crippen molar-refractivity contribution in [1.29, 1.82) is 0 Å². The molecular weight excluding hydrogens is 486 g/mol. The number of carbonyl (C=O) groups is 1. The lowest BCUT2D eigenvalue weighted by molar-refractivity contribution is -0.121. The van der Waals surface area contributed by atoms with Crippen LogP contribution in [0.25, 0.3) is 10.9 Å². The van der Waals surface area contributed by atoms with Crippen LogP contribution in [0.2, 0.25) is 5.02 Å². The molecule has 1 unspecified atom stereocenters. The van der Waals surface area contributed by atoms with Crippen LogP contribution in [0.4, 0.5) is 5.82 Å². The van der Waals surface area contributed by atoms with Gasteiger partial charge in [-0.2, -0.15) is 0 Å². The number of fused-ring (bicyclic) bond motifs is 1. The maximum atomic E-state index is 13.0. The van der Waals surface area contributed by atoms with Gasteiger partial charge in [0.2, 0.25) is 5.91 Å². The van der Waals surface area contributed by atoms with Gasteiger partial charge in [-0.05, 0) is 49.9 Å². The molecule has 0 spiro atoms. The van der Waals surface area contributed by atoms with Crippen molar-refractivity contribution in [2.24, 2.45) is 0 Å². The number of aromatic nitrogens is 2. The van der Waals surface area contributed by atoms with Crippen LogP contribution in [0.5, 0.6) is 0 Å². The van der Waals surface area contributed by atoms with Gasteiger partial charge < -0.3 is 15.0 Å². The van der Waals surface area contributed by atoms with E-state index in [1.165, 1.54) is 0 Å². The minimum absolute atomic E-state index is 0.0352. The number of carbonyl (C=O) groups excluding carboxylic acids is 1. The van der Waals surface area contributed by atoms with Gasteiger partial charge in [-0.15, -0.1) is 0 Å². The highest BCUT2D eigenvalue weighted by molar-refractivity contribution is 6.31. The summed E-state index contributed by atoms with van der Waals surface area (Å²) in [4.78, 5) is 27.6. The van der Waals surface area contributed by atoms with Crippen LogP contribution < -0.4 is 10.2 Å². The highest BCUT2D eigenvalue weighted by Crippen LogP contribution is 2.40. The standard InChI is InChI=1S/C29H36ClN5O2/c1-21(22-6-3-2-4-7-22)31-27(36)12-15-35(14-5-13-34-16-18-37-19-17-34)29-25-11-10-24(30)20-26(25)32-28(33-29)23-8-9-23/h2-4,6-7,10-11,20-21,23H,5,8-9,12-19H2,1H3,(H,31,36). The Hall–Kier alpha value is -2.74. The molecule has 37 heavy (non-hydrogen) atoms. The molecule has 1 aliphatic carbocycles. The van der Waals surface area contributed by atoms with E-state index in [1.54, 1.807) is 0 Å². The maximum Gasteiger partial charge on any atom is 0.222 e. The number of nitrogens with one attached hydrogen (secondary N) is 1. The second kappa shape index (κ2) is 12.2. The van der Waals surface area contributed by atoms with Crippen LogP contribution in [0.15, 0.2) is 48.5 Å². The zero-order valence-corrected chi connectivity index (χ0v) is 22.3. The number of ether oxygens (including phenoxy) is 1. The predicted octanol–water partition coefficient (Wildman–Crippen LogP) is 4.96. The monoisotopic (exact) mass is 521 g/mol. The molecule has 1 aromatic heterocycles. The van der Waals surface area contributed by atoms with Gasteiger partial charge in [-0.3, -0.25) is 9.69 Å². The first-order valence-electron chi connectivity index (χ1n) is 13.4. The van der Waals surface area contributed by atoms with Crippen molar-refractivity contribution in [3.8, 4) is 0 Å². The van der Waals surface area contributed by atoms with E-state index in [-0.39, 0.29) is 11.9 Å². The van der Waals surface area contributed by atoms with Crippen LogP contribution in [-0.2, 0) is 9.53 Å². The van der Waals surface area contributed by atoms with E-state index < -0.39 is 0 Å². The van der Waals surface area contributed by atoms with Crippen LogP contribution >= 0.6 is 11.6 Å². The molecule has 2 fully saturated rings. The zero-order valence-electron chi connectivity index (χ0n) is 21.5. The summed E-state index contributed by atoms with van der Waals surface area (Å²) >= 11 is 6.33. The van der Waals surface area contributed by atoms with E-state index in [0.717, 1.165) is 86.8 Å². The van der Waals surface area contributed by atoms with Gasteiger partial charge in [0.05, 0.1) is 24.8 Å². The van der Waals surface area contributed by atoms with Gasteiger partial charge >= 0.3 is 0 Å². The molecule has 7 nitrogen and oxygen atoms in total. The molecule has 3 aromatic rings. The van der Waals surface area contributed by atoms with Crippen molar-refractivity contribution in [2.75, 3.05) is 50.8 Å². The summed E-state index contributed by atoms with van der Waals surface area (Å²) in [6.07, 6.45) is 3.64. The molecule has 1 amide bonds. The van der Waals surface area contributed by atoms with Crippen LogP contribution in [-0.4, -0.2) is 66.7 Å². The number of morpholine rings is 1. The van der Waals surface area contributed by atoms with Gasteiger partial charge in [0.1, 0.15) is 11.6 Å². The molecule has 1 aliphatic heterocycles. The third-order valence-electron chi connectivity index (χ3n) is 7.19. The molecule has 0 radical (unpaired) electrons. The van der Waals surface area contributed by atoms with E-state index >= 15 is 0 Å². The van der Waals surface area contributed by atoms with E-state index in [0.29, 0.717) is 23.9 Å². The lowest BCUT2D eigenvalue weighted by Crippen LogP contribution is -2.39. The van der Waals surface area contributed by atoms with Gasteiger partial charge in [0.25, 0.3) is 0 Å². The Labute approximate surface area is 224 Å². The fourth-order valence-corrected chi connectivity index (χ4v) is 5.04. The average molecular weight is 522 g/mol. The fourth-order valence-electron chi connectivity index (χ4n) is 4.88. The Morgan fingerprint density at radius 1 is 1.14 bits per heavy atom. The molecule has 196 valence electrons. The first kappa shape index (κ1) is 25.9. The SMILES string of the molecule is CC(NC(=O)CCN(CCCN1CCOCC1)c1nc(C2CC2)nc2cc(Cl)ccc12)c1ccccc1. The van der Waals surface area contributed by atoms with Gasteiger partial charge in [-0.25, -0.2) is 9.97 Å². The Kier molecular flexibility index (Phi) is 8.54. The lowest BCUT2D eigenvalue weighted by Gasteiger charge is -2.29. The number of amides is 1. The van der Waals surface area contributed by atoms with Gasteiger partial charge in [0, 0.05) is 55.5 Å². The number of anilines is 1. The second-order valence-electron chi connectivity index (χ2n) is 10.1. The number of rotatable bonds is 11. The quantitative estimate of drug-likeness (QED) is 0.385. The summed E-state index contributed by atoms with van der Waals surface area (Å²) in [5.41, 5.74) is 1.98. The summed E-state index contributed by atoms with van der Waals surface area (Å²) in [6.45, 7) is 7.98. The smallest absolute Gasteiger partial charge is 0.222 e. The van der Waals surface area contributed by atoms with E-state index in [1.807, 2.05) is 55.5 Å². The molecule has 2 heterocycles. The summed E-state index contributed by atoms with van der Waals surface area (Å²) < 4.78 is 5.50. The third-order valence-corrected chi connectivity index (χ3v) is 7.43. The lowest BCUT2D eigenvalue weighted by atomic mass is 10.1. The van der Waals surface area contributed by atoms with Gasteiger partial charge in [-0.1, -0.05) is 41.9 Å². The number of benzene rings is 2. The first-order chi connectivity index (χ1) is 18.1. The third kappa shape index (κ3) is 6.98. The molecule has 5 rings (SSSR count). The van der Waals surface area contributed by atoms with Crippen LogP contribution in [0.3, 0.4) is 0 Å². The van der Waals surface area contributed by atoms with Crippen LogP contribution in [0.1, 0.15) is 56.0 Å². The highest BCUT2D eigenvalue weighted by Gasteiger charge is 2.28. The second-order valence-corrected chi connectivity index (χ2v) is 10.5. The molecule has 1 saturated heterocycles. The minimum Gasteiger partial charge on any atom is -0.379 e. The molecule has 2 aromatic carbocycles. The van der Waals surface area contributed by atoms with Crippen molar-refractivity contribution in [2.45, 2.75) is 44.6 Å². The van der Waals surface area contributed by atoms with Crippen molar-refractivity contribution in [1.82, 2.24) is 20.2 Å². The van der Waals surface area contributed by atoms with E-state index in [9.17, 15) is 4.79 Å².